The van der Waals surface area contributed by atoms with Crippen molar-refractivity contribution in [3.05, 3.63) is 0 Å². The van der Waals surface area contributed by atoms with Gasteiger partial charge in [-0.25, -0.2) is 12.1 Å². The summed E-state index contributed by atoms with van der Waals surface area (Å²) in [7, 11) is -1.12. The minimum absolute atomic E-state index is 0.547. The summed E-state index contributed by atoms with van der Waals surface area (Å²) in [5.41, 5.74) is 0. The maximum atomic E-state index is 4.75. The molecule has 0 saturated carbocycles. The van der Waals surface area contributed by atoms with Gasteiger partial charge in [0.25, 0.3) is 0 Å². The van der Waals surface area contributed by atoms with Gasteiger partial charge in [-0.15, -0.1) is 0 Å². The molecule has 68 valence electrons. The van der Waals surface area contributed by atoms with Crippen LogP contribution in [0.5, 0.6) is 0 Å². The summed E-state index contributed by atoms with van der Waals surface area (Å²) in [5, 5.41) is 0.547. The fourth-order valence-electron chi connectivity index (χ4n) is 1.18. The molecule has 0 aliphatic heterocycles. The summed E-state index contributed by atoms with van der Waals surface area (Å²) in [6.07, 6.45) is 2.52. The molecule has 0 radical (unpaired) electrons. The van der Waals surface area contributed by atoms with Crippen LogP contribution >= 0.6 is 24.7 Å². The summed E-state index contributed by atoms with van der Waals surface area (Å²) in [6.45, 7) is 6.76. The summed E-state index contributed by atoms with van der Waals surface area (Å²) in [5.74, 6) is 0. The summed E-state index contributed by atoms with van der Waals surface area (Å²) < 4.78 is 0. The van der Waals surface area contributed by atoms with Crippen molar-refractivity contribution in [2.24, 2.45) is 0 Å². The highest BCUT2D eigenvalue weighted by Crippen LogP contribution is 2.24. The van der Waals surface area contributed by atoms with Gasteiger partial charge in [0.1, 0.15) is 7.22 Å². The lowest BCUT2D eigenvalue weighted by atomic mass is 10.4. The molecule has 0 nitrogen and oxygen atoms in total. The zero-order valence-corrected chi connectivity index (χ0v) is 10.6. The van der Waals surface area contributed by atoms with E-state index in [9.17, 15) is 0 Å². The van der Waals surface area contributed by atoms with E-state index in [1.807, 2.05) is 0 Å². The van der Waals surface area contributed by atoms with Crippen LogP contribution in [0.4, 0.5) is 0 Å². The fraction of sp³-hybridized carbons (Fsp3) is 1.00. The fourth-order valence-corrected chi connectivity index (χ4v) is 5.00. The van der Waals surface area contributed by atoms with E-state index in [1.54, 1.807) is 0 Å². The van der Waals surface area contributed by atoms with Crippen LogP contribution in [-0.4, -0.2) is 12.5 Å². The van der Waals surface area contributed by atoms with Crippen LogP contribution < -0.4 is 0 Å². The third-order valence-electron chi connectivity index (χ3n) is 1.89. The van der Waals surface area contributed by atoms with Crippen molar-refractivity contribution in [2.45, 2.75) is 50.6 Å². The minimum Gasteiger partial charge on any atom is -0.202 e. The van der Waals surface area contributed by atoms with Crippen molar-refractivity contribution < 1.29 is 0 Å². The molecule has 0 bridgehead atoms. The lowest BCUT2D eigenvalue weighted by Crippen LogP contribution is -2.22. The average molecular weight is 208 g/mol. The van der Waals surface area contributed by atoms with Crippen molar-refractivity contribution in [1.29, 1.82) is 0 Å². The number of rotatable bonds is 5. The Kier molecular flexibility index (Phi) is 6.01. The minimum atomic E-state index is -1.12. The highest BCUT2D eigenvalue weighted by atomic mass is 32.3. The van der Waals surface area contributed by atoms with E-state index in [2.05, 4.69) is 33.0 Å². The van der Waals surface area contributed by atoms with Crippen LogP contribution in [-0.2, 0) is 0 Å². The van der Waals surface area contributed by atoms with Gasteiger partial charge < -0.3 is 0 Å². The molecule has 0 fully saturated rings. The van der Waals surface area contributed by atoms with Crippen LogP contribution in [0.15, 0.2) is 0 Å². The van der Waals surface area contributed by atoms with Crippen LogP contribution in [0.25, 0.3) is 0 Å². The molecule has 0 aliphatic rings. The van der Waals surface area contributed by atoms with Crippen molar-refractivity contribution >= 4 is 31.9 Å². The van der Waals surface area contributed by atoms with Crippen LogP contribution in [0.3, 0.4) is 0 Å². The largest absolute Gasteiger partial charge is 0.202 e. The van der Waals surface area contributed by atoms with Gasteiger partial charge in [0.05, 0.1) is 0 Å². The Labute approximate surface area is 82.6 Å². The average Bonchev–Trinajstić information content (AvgIpc) is 1.84. The van der Waals surface area contributed by atoms with E-state index in [1.165, 1.54) is 24.9 Å². The molecule has 3 heteroatoms. The van der Waals surface area contributed by atoms with E-state index < -0.39 is 7.22 Å². The van der Waals surface area contributed by atoms with E-state index in [-0.39, 0.29) is 0 Å². The lowest BCUT2D eigenvalue weighted by Gasteiger charge is -2.20. The predicted molar refractivity (Wildman–Crippen MR) is 63.6 cm³/mol. The Balaban J connectivity index is 3.54. The standard InChI is InChI=1S/C8H20S2Si/c1-4-6-11(3,10)7-5-8(2)9/h8-10H,4-7H2,1-3H3. The Hall–Kier alpha value is 0.917. The topological polar surface area (TPSA) is 0 Å². The van der Waals surface area contributed by atoms with Crippen molar-refractivity contribution in [3.8, 4) is 0 Å². The number of hydrogen-bond acceptors (Lipinski definition) is 2. The Bertz CT molecular complexity index is 102. The van der Waals surface area contributed by atoms with Gasteiger partial charge in [-0.05, 0) is 23.8 Å². The van der Waals surface area contributed by atoms with Gasteiger partial charge in [0.2, 0.25) is 0 Å². The molecular weight excluding hydrogens is 188 g/mol. The maximum Gasteiger partial charge on any atom is 0.110 e. The van der Waals surface area contributed by atoms with Crippen LogP contribution in [0, 0.1) is 0 Å². The first-order valence-electron chi connectivity index (χ1n) is 4.38. The summed E-state index contributed by atoms with van der Waals surface area (Å²) in [4.78, 5) is 0. The van der Waals surface area contributed by atoms with E-state index in [0.29, 0.717) is 5.25 Å². The smallest absolute Gasteiger partial charge is 0.110 e. The Morgan fingerprint density at radius 1 is 1.36 bits per heavy atom. The van der Waals surface area contributed by atoms with E-state index in [4.69, 9.17) is 12.1 Å². The molecule has 0 heterocycles. The third kappa shape index (κ3) is 7.28. The van der Waals surface area contributed by atoms with Crippen molar-refractivity contribution in [1.82, 2.24) is 0 Å². The second-order valence-electron chi connectivity index (χ2n) is 3.63. The highest BCUT2D eigenvalue weighted by molar-refractivity contribution is 8.14. The molecule has 0 aromatic heterocycles. The molecule has 11 heavy (non-hydrogen) atoms. The second kappa shape index (κ2) is 5.54. The normalized spacial score (nSPS) is 19.4. The van der Waals surface area contributed by atoms with Gasteiger partial charge in [-0.2, -0.15) is 12.6 Å². The van der Waals surface area contributed by atoms with Crippen molar-refractivity contribution in [3.63, 3.8) is 0 Å². The molecule has 0 aliphatic carbocycles. The van der Waals surface area contributed by atoms with Gasteiger partial charge in [-0.1, -0.05) is 26.8 Å². The lowest BCUT2D eigenvalue weighted by molar-refractivity contribution is 0.889. The van der Waals surface area contributed by atoms with E-state index in [0.717, 1.165) is 0 Å². The molecule has 0 spiro atoms. The van der Waals surface area contributed by atoms with Crippen LogP contribution in [0.1, 0.15) is 26.7 Å². The summed E-state index contributed by atoms with van der Waals surface area (Å²) in [6, 6.07) is 2.66. The maximum absolute atomic E-state index is 4.75. The molecule has 0 aromatic carbocycles. The monoisotopic (exact) mass is 208 g/mol. The van der Waals surface area contributed by atoms with Crippen molar-refractivity contribution in [2.75, 3.05) is 0 Å². The molecule has 0 aromatic rings. The Morgan fingerprint density at radius 3 is 2.27 bits per heavy atom. The molecule has 0 rings (SSSR count). The van der Waals surface area contributed by atoms with Gasteiger partial charge >= 0.3 is 0 Å². The molecule has 0 amide bonds. The van der Waals surface area contributed by atoms with E-state index >= 15 is 0 Å². The predicted octanol–water partition coefficient (Wildman–Crippen LogP) is 3.61. The first-order chi connectivity index (χ1) is 4.98. The van der Waals surface area contributed by atoms with Gasteiger partial charge in [-0.3, -0.25) is 0 Å². The van der Waals surface area contributed by atoms with Gasteiger partial charge in [0.15, 0.2) is 0 Å². The molecular formula is C8H20S2Si. The molecule has 2 atom stereocenters. The third-order valence-corrected chi connectivity index (χ3v) is 6.43. The summed E-state index contributed by atoms with van der Waals surface area (Å²) >= 11 is 9.11. The Morgan fingerprint density at radius 2 is 1.91 bits per heavy atom. The molecule has 2 unspecified atom stereocenters. The SMILES string of the molecule is CCC[Si](C)(S)CCC(C)S. The second-order valence-corrected chi connectivity index (χ2v) is 11.7. The molecule has 0 N–H and O–H groups in total. The first-order valence-corrected chi connectivity index (χ1v) is 9.10. The first kappa shape index (κ1) is 11.9. The number of thiol groups is 2. The quantitative estimate of drug-likeness (QED) is 0.500. The molecule has 0 saturated heterocycles. The highest BCUT2D eigenvalue weighted by Gasteiger charge is 2.20. The van der Waals surface area contributed by atoms with Crippen LogP contribution in [0.2, 0.25) is 18.6 Å². The zero-order chi connectivity index (χ0) is 8.91. The zero-order valence-electron chi connectivity index (χ0n) is 7.80. The van der Waals surface area contributed by atoms with Gasteiger partial charge in [0, 0.05) is 0 Å². The number of hydrogen-bond donors (Lipinski definition) is 2.